The van der Waals surface area contributed by atoms with Gasteiger partial charge in [0.2, 0.25) is 15.9 Å². The van der Waals surface area contributed by atoms with Crippen molar-refractivity contribution in [1.82, 2.24) is 10.6 Å². The molecule has 0 heterocycles. The Morgan fingerprint density at radius 1 is 0.931 bits per heavy atom. The summed E-state index contributed by atoms with van der Waals surface area (Å²) in [5, 5.41) is 5.45. The minimum Gasteiger partial charge on any atom is -0.494 e. The number of amides is 2. The fraction of sp³-hybridized carbons (Fsp3) is 0.300. The molecule has 0 aliphatic carbocycles. The molecule has 2 amide bonds. The summed E-state index contributed by atoms with van der Waals surface area (Å²) in [4.78, 5) is 24.1. The normalized spacial score (nSPS) is 10.8. The van der Waals surface area contributed by atoms with Gasteiger partial charge in [-0.05, 0) is 48.9 Å². The molecule has 0 fully saturated rings. The molecule has 0 atom stereocenters. The molecule has 0 aromatic heterocycles. The van der Waals surface area contributed by atoms with Crippen molar-refractivity contribution in [3.8, 4) is 5.75 Å². The molecule has 0 saturated carbocycles. The largest absolute Gasteiger partial charge is 0.494 e. The van der Waals surface area contributed by atoms with Gasteiger partial charge in [0.05, 0.1) is 19.3 Å². The zero-order valence-corrected chi connectivity index (χ0v) is 17.2. The van der Waals surface area contributed by atoms with E-state index in [-0.39, 0.29) is 24.8 Å². The second-order valence-corrected chi connectivity index (χ2v) is 8.06. The summed E-state index contributed by atoms with van der Waals surface area (Å²) >= 11 is 0. The van der Waals surface area contributed by atoms with Crippen LogP contribution in [0.25, 0.3) is 0 Å². The average Bonchev–Trinajstić information content (AvgIpc) is 2.66. The second kappa shape index (κ2) is 10.5. The molecule has 0 bridgehead atoms. The van der Waals surface area contributed by atoms with Crippen LogP contribution in [0, 0.1) is 0 Å². The van der Waals surface area contributed by atoms with Crippen LogP contribution in [0.3, 0.4) is 0 Å². The monoisotopic (exact) mass is 419 g/mol. The smallest absolute Gasteiger partial charge is 0.251 e. The summed E-state index contributed by atoms with van der Waals surface area (Å²) in [6.07, 6.45) is 1.30. The molecule has 0 unspecified atom stereocenters. The van der Waals surface area contributed by atoms with Gasteiger partial charge in [-0.1, -0.05) is 12.1 Å². The lowest BCUT2D eigenvalue weighted by molar-refractivity contribution is -0.120. The zero-order chi connectivity index (χ0) is 21.3. The minimum atomic E-state index is -3.36. The number of sulfonamides is 1. The van der Waals surface area contributed by atoms with Crippen molar-refractivity contribution in [2.24, 2.45) is 0 Å². The summed E-state index contributed by atoms with van der Waals surface area (Å²) in [5.74, 6) is 0.316. The highest BCUT2D eigenvalue weighted by Gasteiger charge is 2.07. The van der Waals surface area contributed by atoms with E-state index in [1.54, 1.807) is 0 Å². The Balaban J connectivity index is 1.71. The number of carbonyl (C=O) groups is 2. The predicted octanol–water partition coefficient (Wildman–Crippen LogP) is 1.55. The van der Waals surface area contributed by atoms with Crippen molar-refractivity contribution in [1.29, 1.82) is 0 Å². The van der Waals surface area contributed by atoms with Crippen molar-refractivity contribution >= 4 is 27.5 Å². The number of nitrogens with one attached hydrogen (secondary N) is 3. The number of anilines is 1. The molecule has 2 aromatic rings. The maximum absolute atomic E-state index is 12.1. The van der Waals surface area contributed by atoms with Crippen LogP contribution in [0.15, 0.2) is 48.5 Å². The van der Waals surface area contributed by atoms with E-state index in [0.717, 1.165) is 17.6 Å². The molecule has 3 N–H and O–H groups in total. The van der Waals surface area contributed by atoms with Gasteiger partial charge in [-0.25, -0.2) is 8.42 Å². The third-order valence-corrected chi connectivity index (χ3v) is 4.39. The topological polar surface area (TPSA) is 114 Å². The Morgan fingerprint density at radius 2 is 1.55 bits per heavy atom. The summed E-state index contributed by atoms with van der Waals surface area (Å²) in [5.41, 5.74) is 1.65. The molecule has 29 heavy (non-hydrogen) atoms. The van der Waals surface area contributed by atoms with E-state index in [1.165, 1.54) is 24.3 Å². The molecule has 0 radical (unpaired) electrons. The van der Waals surface area contributed by atoms with Crippen molar-refractivity contribution in [2.75, 3.05) is 30.7 Å². The van der Waals surface area contributed by atoms with Crippen LogP contribution >= 0.6 is 0 Å². The maximum Gasteiger partial charge on any atom is 0.251 e. The minimum absolute atomic E-state index is 0.139. The van der Waals surface area contributed by atoms with E-state index in [0.29, 0.717) is 24.4 Å². The summed E-state index contributed by atoms with van der Waals surface area (Å²) in [7, 11) is -3.36. The van der Waals surface area contributed by atoms with E-state index < -0.39 is 10.0 Å². The fourth-order valence-corrected chi connectivity index (χ4v) is 3.07. The molecule has 8 nitrogen and oxygen atoms in total. The first-order chi connectivity index (χ1) is 13.8. The van der Waals surface area contributed by atoms with Crippen LogP contribution in [0.5, 0.6) is 5.75 Å². The van der Waals surface area contributed by atoms with Crippen molar-refractivity contribution < 1.29 is 22.7 Å². The second-order valence-electron chi connectivity index (χ2n) is 6.31. The van der Waals surface area contributed by atoms with Gasteiger partial charge in [-0.15, -0.1) is 0 Å². The summed E-state index contributed by atoms with van der Waals surface area (Å²) < 4.78 is 30.0. The number of rotatable bonds is 10. The quantitative estimate of drug-likeness (QED) is 0.506. The van der Waals surface area contributed by atoms with Crippen molar-refractivity contribution in [2.45, 2.75) is 13.3 Å². The van der Waals surface area contributed by atoms with Crippen LogP contribution in [-0.4, -0.2) is 46.2 Å². The van der Waals surface area contributed by atoms with E-state index in [2.05, 4.69) is 15.4 Å². The lowest BCUT2D eigenvalue weighted by atomic mass is 10.1. The number of hydrogen-bond donors (Lipinski definition) is 3. The Morgan fingerprint density at radius 3 is 2.14 bits per heavy atom. The number of hydrogen-bond acceptors (Lipinski definition) is 5. The van der Waals surface area contributed by atoms with Gasteiger partial charge in [0.1, 0.15) is 5.75 Å². The number of benzene rings is 2. The molecule has 0 aliphatic heterocycles. The number of ether oxygens (including phenoxy) is 1. The van der Waals surface area contributed by atoms with Gasteiger partial charge < -0.3 is 15.4 Å². The zero-order valence-electron chi connectivity index (χ0n) is 16.4. The lowest BCUT2D eigenvalue weighted by Gasteiger charge is -2.09. The van der Waals surface area contributed by atoms with Gasteiger partial charge in [0.15, 0.2) is 0 Å². The SMILES string of the molecule is CCOc1ccc(CC(=O)NCCNC(=O)c2ccc(NS(C)(=O)=O)cc2)cc1. The highest BCUT2D eigenvalue weighted by molar-refractivity contribution is 7.92. The summed E-state index contributed by atoms with van der Waals surface area (Å²) in [6, 6.07) is 13.4. The van der Waals surface area contributed by atoms with Crippen molar-refractivity contribution in [3.63, 3.8) is 0 Å². The van der Waals surface area contributed by atoms with E-state index in [9.17, 15) is 18.0 Å². The highest BCUT2D eigenvalue weighted by atomic mass is 32.2. The standard InChI is InChI=1S/C20H25N3O5S/c1-3-28-18-10-4-15(5-11-18)14-19(24)21-12-13-22-20(25)16-6-8-17(9-7-16)23-29(2,26)27/h4-11,23H,3,12-14H2,1-2H3,(H,21,24)(H,22,25). The molecule has 2 rings (SSSR count). The van der Waals surface area contributed by atoms with E-state index >= 15 is 0 Å². The third kappa shape index (κ3) is 8.22. The van der Waals surface area contributed by atoms with Crippen LogP contribution in [-0.2, 0) is 21.2 Å². The first-order valence-corrected chi connectivity index (χ1v) is 11.0. The first kappa shape index (κ1) is 22.2. The van der Waals surface area contributed by atoms with E-state index in [1.807, 2.05) is 31.2 Å². The molecular weight excluding hydrogens is 394 g/mol. The molecule has 156 valence electrons. The fourth-order valence-electron chi connectivity index (χ4n) is 2.50. The van der Waals surface area contributed by atoms with Crippen LogP contribution in [0.2, 0.25) is 0 Å². The van der Waals surface area contributed by atoms with Gasteiger partial charge in [0.25, 0.3) is 5.91 Å². The Kier molecular flexibility index (Phi) is 8.02. The molecule has 0 spiro atoms. The molecule has 0 saturated heterocycles. The first-order valence-electron chi connectivity index (χ1n) is 9.11. The Hall–Kier alpha value is -3.07. The summed E-state index contributed by atoms with van der Waals surface area (Å²) in [6.45, 7) is 3.07. The molecule has 0 aliphatic rings. The van der Waals surface area contributed by atoms with Gasteiger partial charge >= 0.3 is 0 Å². The average molecular weight is 420 g/mol. The molecule has 9 heteroatoms. The third-order valence-electron chi connectivity index (χ3n) is 3.78. The van der Waals surface area contributed by atoms with E-state index in [4.69, 9.17) is 4.74 Å². The molecule has 2 aromatic carbocycles. The number of carbonyl (C=O) groups excluding carboxylic acids is 2. The predicted molar refractivity (Wildman–Crippen MR) is 112 cm³/mol. The van der Waals surface area contributed by atoms with Gasteiger partial charge in [0, 0.05) is 24.3 Å². The van der Waals surface area contributed by atoms with Crippen molar-refractivity contribution in [3.05, 3.63) is 59.7 Å². The Bertz CT molecular complexity index is 926. The van der Waals surface area contributed by atoms with Gasteiger partial charge in [-0.2, -0.15) is 0 Å². The maximum atomic E-state index is 12.1. The molecular formula is C20H25N3O5S. The highest BCUT2D eigenvalue weighted by Crippen LogP contribution is 2.12. The van der Waals surface area contributed by atoms with Crippen LogP contribution in [0.4, 0.5) is 5.69 Å². The Labute approximate surface area is 170 Å². The van der Waals surface area contributed by atoms with Crippen LogP contribution < -0.4 is 20.1 Å². The van der Waals surface area contributed by atoms with Gasteiger partial charge in [-0.3, -0.25) is 14.3 Å². The lowest BCUT2D eigenvalue weighted by Crippen LogP contribution is -2.35. The van der Waals surface area contributed by atoms with Crippen LogP contribution in [0.1, 0.15) is 22.8 Å².